The molecule has 1 aromatic carbocycles. The van der Waals surface area contributed by atoms with E-state index in [9.17, 15) is 18.3 Å². The highest BCUT2D eigenvalue weighted by molar-refractivity contribution is 5.22. The van der Waals surface area contributed by atoms with E-state index in [1.54, 1.807) is 0 Å². The van der Waals surface area contributed by atoms with E-state index in [1.165, 1.54) is 0 Å². The first-order valence-corrected chi connectivity index (χ1v) is 6.43. The third-order valence-electron chi connectivity index (χ3n) is 3.40. The first kappa shape index (κ1) is 14.3. The zero-order valence-electron chi connectivity index (χ0n) is 11.0. The number of benzene rings is 1. The Labute approximate surface area is 110 Å². The topological polar surface area (TPSA) is 23.5 Å². The van der Waals surface area contributed by atoms with Crippen LogP contribution >= 0.6 is 0 Å². The SMILES string of the molecule is CC(C)CN1CC(C(O)c2cc(F)c(F)c(F)c2)C1. The summed E-state index contributed by atoms with van der Waals surface area (Å²) in [5.74, 6) is -3.52. The summed E-state index contributed by atoms with van der Waals surface area (Å²) in [6.45, 7) is 6.54. The van der Waals surface area contributed by atoms with Crippen LogP contribution in [-0.2, 0) is 0 Å². The quantitative estimate of drug-likeness (QED) is 0.853. The summed E-state index contributed by atoms with van der Waals surface area (Å²) in [7, 11) is 0. The van der Waals surface area contributed by atoms with Gasteiger partial charge in [0, 0.05) is 25.6 Å². The molecule has 0 bridgehead atoms. The van der Waals surface area contributed by atoms with Crippen molar-refractivity contribution in [2.75, 3.05) is 19.6 Å². The Morgan fingerprint density at radius 1 is 1.21 bits per heavy atom. The molecule has 1 saturated heterocycles. The van der Waals surface area contributed by atoms with E-state index < -0.39 is 23.6 Å². The molecule has 0 amide bonds. The highest BCUT2D eigenvalue weighted by Crippen LogP contribution is 2.31. The van der Waals surface area contributed by atoms with E-state index in [1.807, 2.05) is 0 Å². The van der Waals surface area contributed by atoms with Crippen LogP contribution in [0.4, 0.5) is 13.2 Å². The average Bonchev–Trinajstić information content (AvgIpc) is 2.28. The molecule has 19 heavy (non-hydrogen) atoms. The molecule has 1 aliphatic heterocycles. The lowest BCUT2D eigenvalue weighted by molar-refractivity contribution is -0.0106. The molecule has 1 aliphatic rings. The van der Waals surface area contributed by atoms with Gasteiger partial charge in [0.15, 0.2) is 17.5 Å². The van der Waals surface area contributed by atoms with Gasteiger partial charge in [-0.25, -0.2) is 13.2 Å². The Morgan fingerprint density at radius 2 is 1.74 bits per heavy atom. The molecule has 1 atom stereocenters. The summed E-state index contributed by atoms with van der Waals surface area (Å²) < 4.78 is 39.0. The summed E-state index contributed by atoms with van der Waals surface area (Å²) in [5, 5.41) is 10.0. The molecule has 1 fully saturated rings. The van der Waals surface area contributed by atoms with E-state index in [2.05, 4.69) is 18.7 Å². The fourth-order valence-corrected chi connectivity index (χ4v) is 2.49. The van der Waals surface area contributed by atoms with Crippen molar-refractivity contribution in [3.63, 3.8) is 0 Å². The van der Waals surface area contributed by atoms with E-state index >= 15 is 0 Å². The van der Waals surface area contributed by atoms with Crippen LogP contribution in [0.15, 0.2) is 12.1 Å². The third kappa shape index (κ3) is 3.09. The van der Waals surface area contributed by atoms with Gasteiger partial charge < -0.3 is 10.0 Å². The Kier molecular flexibility index (Phi) is 4.16. The normalized spacial score (nSPS) is 18.7. The lowest BCUT2D eigenvalue weighted by Gasteiger charge is -2.42. The van der Waals surface area contributed by atoms with Crippen molar-refractivity contribution in [2.45, 2.75) is 20.0 Å². The smallest absolute Gasteiger partial charge is 0.194 e. The molecule has 1 heterocycles. The van der Waals surface area contributed by atoms with Crippen LogP contribution in [0, 0.1) is 29.3 Å². The second-order valence-electron chi connectivity index (χ2n) is 5.62. The summed E-state index contributed by atoms with van der Waals surface area (Å²) in [6.07, 6.45) is -0.951. The number of halogens is 3. The Bertz CT molecular complexity index is 435. The summed E-state index contributed by atoms with van der Waals surface area (Å²) in [5.41, 5.74) is 0.102. The lowest BCUT2D eigenvalue weighted by Crippen LogP contribution is -2.50. The monoisotopic (exact) mass is 273 g/mol. The predicted molar refractivity (Wildman–Crippen MR) is 66.0 cm³/mol. The van der Waals surface area contributed by atoms with Crippen LogP contribution in [0.1, 0.15) is 25.5 Å². The third-order valence-corrected chi connectivity index (χ3v) is 3.40. The van der Waals surface area contributed by atoms with Crippen LogP contribution in [0.25, 0.3) is 0 Å². The minimum atomic E-state index is -1.49. The molecule has 1 aromatic rings. The van der Waals surface area contributed by atoms with Crippen LogP contribution in [0.5, 0.6) is 0 Å². The number of hydrogen-bond donors (Lipinski definition) is 1. The molecule has 0 spiro atoms. The Morgan fingerprint density at radius 3 is 2.21 bits per heavy atom. The molecular formula is C14H18F3NO. The minimum Gasteiger partial charge on any atom is -0.388 e. The fourth-order valence-electron chi connectivity index (χ4n) is 2.49. The highest BCUT2D eigenvalue weighted by atomic mass is 19.2. The molecule has 106 valence electrons. The molecule has 2 nitrogen and oxygen atoms in total. The molecule has 2 rings (SSSR count). The van der Waals surface area contributed by atoms with Crippen LogP contribution in [0.3, 0.4) is 0 Å². The maximum atomic E-state index is 13.1. The molecule has 5 heteroatoms. The second kappa shape index (κ2) is 5.51. The van der Waals surface area contributed by atoms with Gasteiger partial charge in [0.1, 0.15) is 0 Å². The number of nitrogens with zero attached hydrogens (tertiary/aromatic N) is 1. The Hall–Kier alpha value is -1.07. The first-order chi connectivity index (χ1) is 8.88. The number of aliphatic hydroxyl groups excluding tert-OH is 1. The zero-order valence-corrected chi connectivity index (χ0v) is 11.0. The zero-order chi connectivity index (χ0) is 14.2. The van der Waals surface area contributed by atoms with Gasteiger partial charge in [-0.2, -0.15) is 0 Å². The largest absolute Gasteiger partial charge is 0.388 e. The fraction of sp³-hybridized carbons (Fsp3) is 0.571. The van der Waals surface area contributed by atoms with Crippen molar-refractivity contribution < 1.29 is 18.3 Å². The number of aliphatic hydroxyl groups is 1. The second-order valence-corrected chi connectivity index (χ2v) is 5.62. The van der Waals surface area contributed by atoms with Gasteiger partial charge in [0.2, 0.25) is 0 Å². The summed E-state index contributed by atoms with van der Waals surface area (Å²) in [6, 6.07) is 1.74. The van der Waals surface area contributed by atoms with E-state index in [0.717, 1.165) is 18.7 Å². The van der Waals surface area contributed by atoms with E-state index in [0.29, 0.717) is 19.0 Å². The first-order valence-electron chi connectivity index (χ1n) is 6.43. The van der Waals surface area contributed by atoms with Gasteiger partial charge in [-0.3, -0.25) is 0 Å². The van der Waals surface area contributed by atoms with Crippen LogP contribution < -0.4 is 0 Å². The van der Waals surface area contributed by atoms with Crippen molar-refractivity contribution in [3.8, 4) is 0 Å². The molecule has 0 aliphatic carbocycles. The van der Waals surface area contributed by atoms with Gasteiger partial charge in [0.05, 0.1) is 6.10 Å². The molecule has 0 saturated carbocycles. The van der Waals surface area contributed by atoms with Gasteiger partial charge >= 0.3 is 0 Å². The average molecular weight is 273 g/mol. The van der Waals surface area contributed by atoms with Gasteiger partial charge in [-0.05, 0) is 23.6 Å². The summed E-state index contributed by atoms with van der Waals surface area (Å²) >= 11 is 0. The molecule has 0 radical (unpaired) electrons. The molecular weight excluding hydrogens is 255 g/mol. The number of rotatable bonds is 4. The predicted octanol–water partition coefficient (Wildman–Crippen LogP) is 2.73. The van der Waals surface area contributed by atoms with Crippen molar-refractivity contribution in [3.05, 3.63) is 35.1 Å². The maximum absolute atomic E-state index is 13.1. The van der Waals surface area contributed by atoms with Crippen LogP contribution in [0.2, 0.25) is 0 Å². The van der Waals surface area contributed by atoms with Crippen molar-refractivity contribution in [1.82, 2.24) is 4.90 Å². The number of hydrogen-bond acceptors (Lipinski definition) is 2. The standard InChI is InChI=1S/C14H18F3NO/c1-8(2)5-18-6-10(7-18)14(19)9-3-11(15)13(17)12(16)4-9/h3-4,8,10,14,19H,5-7H2,1-2H3. The van der Waals surface area contributed by atoms with Gasteiger partial charge in [-0.15, -0.1) is 0 Å². The van der Waals surface area contributed by atoms with E-state index in [-0.39, 0.29) is 11.5 Å². The molecule has 1 unspecified atom stereocenters. The Balaban J connectivity index is 2.00. The van der Waals surface area contributed by atoms with Crippen LogP contribution in [-0.4, -0.2) is 29.6 Å². The molecule has 0 aromatic heterocycles. The lowest BCUT2D eigenvalue weighted by atomic mass is 9.88. The van der Waals surface area contributed by atoms with Gasteiger partial charge in [-0.1, -0.05) is 13.8 Å². The van der Waals surface area contributed by atoms with Crippen molar-refractivity contribution in [2.24, 2.45) is 11.8 Å². The summed E-state index contributed by atoms with van der Waals surface area (Å²) in [4.78, 5) is 2.18. The van der Waals surface area contributed by atoms with Gasteiger partial charge in [0.25, 0.3) is 0 Å². The van der Waals surface area contributed by atoms with Crippen molar-refractivity contribution >= 4 is 0 Å². The highest BCUT2D eigenvalue weighted by Gasteiger charge is 2.34. The van der Waals surface area contributed by atoms with E-state index in [4.69, 9.17) is 0 Å². The van der Waals surface area contributed by atoms with Crippen molar-refractivity contribution in [1.29, 1.82) is 0 Å². The molecule has 1 N–H and O–H groups in total. The maximum Gasteiger partial charge on any atom is 0.194 e. The minimum absolute atomic E-state index is 0.0528. The number of likely N-dealkylation sites (tertiary alicyclic amines) is 1.